The van der Waals surface area contributed by atoms with Gasteiger partial charge in [0.15, 0.2) is 5.82 Å². The van der Waals surface area contributed by atoms with Gasteiger partial charge in [0.2, 0.25) is 5.91 Å². The molecule has 2 aromatic carbocycles. The van der Waals surface area contributed by atoms with Gasteiger partial charge in [0, 0.05) is 38.7 Å². The van der Waals surface area contributed by atoms with E-state index in [9.17, 15) is 13.6 Å². The van der Waals surface area contributed by atoms with Crippen molar-refractivity contribution in [3.05, 3.63) is 65.5 Å². The lowest BCUT2D eigenvalue weighted by atomic mass is 9.76. The van der Waals surface area contributed by atoms with Crippen molar-refractivity contribution in [1.29, 1.82) is 0 Å². The van der Waals surface area contributed by atoms with E-state index in [0.717, 1.165) is 25.0 Å². The van der Waals surface area contributed by atoms with Crippen LogP contribution in [0.3, 0.4) is 0 Å². The van der Waals surface area contributed by atoms with Crippen molar-refractivity contribution in [1.82, 2.24) is 10.2 Å². The molecule has 1 N–H and O–H groups in total. The van der Waals surface area contributed by atoms with Crippen molar-refractivity contribution in [2.45, 2.75) is 44.2 Å². The van der Waals surface area contributed by atoms with Gasteiger partial charge in [-0.1, -0.05) is 31.9 Å². The predicted octanol–water partition coefficient (Wildman–Crippen LogP) is 4.34. The van der Waals surface area contributed by atoms with Crippen molar-refractivity contribution >= 4 is 17.3 Å². The standard InChI is InChI=1S/C27H33F3N4O2/c1-5-6-7-21-24(18-8-10-19(28)11-9-18)32-34(23-13-12-20(29)14-22(23)30)26(21,2)25(35)31-15-27(36-4)16-33(3)17-27/h8-14,21H,5-7,15-17H2,1-4H3,(H,31,35). The molecule has 1 saturated heterocycles. The van der Waals surface area contributed by atoms with Crippen LogP contribution in [0.5, 0.6) is 0 Å². The highest BCUT2D eigenvalue weighted by molar-refractivity contribution is 6.10. The Bertz CT molecular complexity index is 1130. The number of carbonyl (C=O) groups excluding carboxylic acids is 1. The summed E-state index contributed by atoms with van der Waals surface area (Å²) in [6, 6.07) is 9.12. The average Bonchev–Trinajstić information content (AvgIpc) is 3.13. The Morgan fingerprint density at radius 1 is 1.14 bits per heavy atom. The molecule has 2 heterocycles. The fraction of sp³-hybridized carbons (Fsp3) is 0.481. The lowest BCUT2D eigenvalue weighted by molar-refractivity contribution is -0.135. The fourth-order valence-corrected chi connectivity index (χ4v) is 5.28. The first-order valence-corrected chi connectivity index (χ1v) is 12.3. The third-order valence-electron chi connectivity index (χ3n) is 7.36. The van der Waals surface area contributed by atoms with Gasteiger partial charge >= 0.3 is 0 Å². The molecule has 194 valence electrons. The molecule has 0 spiro atoms. The summed E-state index contributed by atoms with van der Waals surface area (Å²) < 4.78 is 48.2. The molecule has 9 heteroatoms. The molecule has 2 atom stereocenters. The molecule has 4 rings (SSSR count). The summed E-state index contributed by atoms with van der Waals surface area (Å²) in [7, 11) is 3.59. The number of nitrogens with one attached hydrogen (secondary N) is 1. The van der Waals surface area contributed by atoms with Crippen LogP contribution in [0.2, 0.25) is 0 Å². The Kier molecular flexibility index (Phi) is 7.43. The van der Waals surface area contributed by atoms with Crippen LogP contribution in [-0.4, -0.2) is 61.5 Å². The number of anilines is 1. The van der Waals surface area contributed by atoms with Gasteiger partial charge in [-0.25, -0.2) is 18.2 Å². The molecule has 0 aliphatic carbocycles. The number of nitrogens with zero attached hydrogens (tertiary/aromatic N) is 3. The molecule has 0 bridgehead atoms. The second kappa shape index (κ2) is 10.2. The Balaban J connectivity index is 1.76. The Morgan fingerprint density at radius 3 is 2.39 bits per heavy atom. The van der Waals surface area contributed by atoms with E-state index in [4.69, 9.17) is 9.84 Å². The number of likely N-dealkylation sites (tertiary alicyclic amines) is 1. The van der Waals surface area contributed by atoms with E-state index in [1.165, 1.54) is 23.2 Å². The zero-order valence-corrected chi connectivity index (χ0v) is 21.2. The average molecular weight is 503 g/mol. The number of benzene rings is 2. The van der Waals surface area contributed by atoms with Crippen LogP contribution in [0.1, 0.15) is 38.7 Å². The Labute approximate surface area is 210 Å². The van der Waals surface area contributed by atoms with Gasteiger partial charge in [-0.15, -0.1) is 0 Å². The summed E-state index contributed by atoms with van der Waals surface area (Å²) in [5.74, 6) is -2.68. The lowest BCUT2D eigenvalue weighted by Gasteiger charge is -2.48. The highest BCUT2D eigenvalue weighted by Gasteiger charge is 2.54. The number of halogens is 3. The summed E-state index contributed by atoms with van der Waals surface area (Å²) >= 11 is 0. The van der Waals surface area contributed by atoms with Gasteiger partial charge in [-0.2, -0.15) is 5.10 Å². The smallest absolute Gasteiger partial charge is 0.248 e. The van der Waals surface area contributed by atoms with Crippen LogP contribution in [0, 0.1) is 23.4 Å². The van der Waals surface area contributed by atoms with E-state index in [-0.39, 0.29) is 24.0 Å². The molecule has 36 heavy (non-hydrogen) atoms. The summed E-state index contributed by atoms with van der Waals surface area (Å²) in [6.07, 6.45) is 2.29. The van der Waals surface area contributed by atoms with Crippen molar-refractivity contribution in [3.63, 3.8) is 0 Å². The number of hydrogen-bond donors (Lipinski definition) is 1. The predicted molar refractivity (Wildman–Crippen MR) is 133 cm³/mol. The largest absolute Gasteiger partial charge is 0.374 e. The number of rotatable bonds is 9. The fourth-order valence-electron chi connectivity index (χ4n) is 5.28. The summed E-state index contributed by atoms with van der Waals surface area (Å²) in [4.78, 5) is 16.1. The number of unbranched alkanes of at least 4 members (excludes halogenated alkanes) is 1. The number of hydrogen-bond acceptors (Lipinski definition) is 5. The number of ether oxygens (including phenoxy) is 1. The summed E-state index contributed by atoms with van der Waals surface area (Å²) in [5, 5.41) is 9.13. The maximum atomic E-state index is 15.0. The first-order chi connectivity index (χ1) is 17.1. The van der Waals surface area contributed by atoms with E-state index in [0.29, 0.717) is 30.8 Å². The minimum Gasteiger partial charge on any atom is -0.374 e. The molecular formula is C27H33F3N4O2. The maximum Gasteiger partial charge on any atom is 0.248 e. The van der Waals surface area contributed by atoms with Crippen molar-refractivity contribution in [3.8, 4) is 0 Å². The number of carbonyl (C=O) groups is 1. The third kappa shape index (κ3) is 4.74. The highest BCUT2D eigenvalue weighted by Crippen LogP contribution is 2.42. The van der Waals surface area contributed by atoms with Crippen molar-refractivity contribution in [2.75, 3.05) is 38.8 Å². The van der Waals surface area contributed by atoms with E-state index in [1.54, 1.807) is 26.2 Å². The molecule has 2 unspecified atom stereocenters. The van der Waals surface area contributed by atoms with Gasteiger partial charge < -0.3 is 15.0 Å². The highest BCUT2D eigenvalue weighted by atomic mass is 19.1. The van der Waals surface area contributed by atoms with Gasteiger partial charge in [0.25, 0.3) is 0 Å². The quantitative estimate of drug-likeness (QED) is 0.554. The molecule has 1 amide bonds. The van der Waals surface area contributed by atoms with Gasteiger partial charge in [0.1, 0.15) is 22.8 Å². The third-order valence-corrected chi connectivity index (χ3v) is 7.36. The summed E-state index contributed by atoms with van der Waals surface area (Å²) in [6.45, 7) is 5.42. The monoisotopic (exact) mass is 502 g/mol. The topological polar surface area (TPSA) is 57.2 Å². The van der Waals surface area contributed by atoms with Crippen LogP contribution in [-0.2, 0) is 9.53 Å². The zero-order chi connectivity index (χ0) is 26.1. The minimum atomic E-state index is -1.32. The SMILES string of the molecule is CCCCC1C(c2ccc(F)cc2)=NN(c2ccc(F)cc2F)C1(C)C(=O)NCC1(OC)CN(C)C1. The van der Waals surface area contributed by atoms with Crippen molar-refractivity contribution < 1.29 is 22.7 Å². The number of methoxy groups -OCH3 is 1. The van der Waals surface area contributed by atoms with Crippen LogP contribution < -0.4 is 10.3 Å². The van der Waals surface area contributed by atoms with Crippen LogP contribution in [0.4, 0.5) is 18.9 Å². The molecule has 2 aliphatic rings. The molecule has 0 saturated carbocycles. The molecule has 2 aromatic rings. The first kappa shape index (κ1) is 26.2. The number of hydrazone groups is 1. The number of amides is 1. The molecular weight excluding hydrogens is 469 g/mol. The molecule has 6 nitrogen and oxygen atoms in total. The first-order valence-electron chi connectivity index (χ1n) is 12.3. The van der Waals surface area contributed by atoms with Crippen LogP contribution in [0.15, 0.2) is 47.6 Å². The zero-order valence-electron chi connectivity index (χ0n) is 21.2. The van der Waals surface area contributed by atoms with E-state index in [2.05, 4.69) is 10.2 Å². The van der Waals surface area contributed by atoms with Crippen LogP contribution in [0.25, 0.3) is 0 Å². The number of likely N-dealkylation sites (N-methyl/N-ethyl adjacent to an activating group) is 1. The second-order valence-corrected chi connectivity index (χ2v) is 9.98. The maximum absolute atomic E-state index is 15.0. The molecule has 0 radical (unpaired) electrons. The Hall–Kier alpha value is -2.91. The normalized spacial score (nSPS) is 23.4. The second-order valence-electron chi connectivity index (χ2n) is 9.98. The van der Waals surface area contributed by atoms with Gasteiger partial charge in [0.05, 0.1) is 11.4 Å². The van der Waals surface area contributed by atoms with E-state index < -0.39 is 28.7 Å². The van der Waals surface area contributed by atoms with Crippen molar-refractivity contribution in [2.24, 2.45) is 11.0 Å². The van der Waals surface area contributed by atoms with E-state index >= 15 is 4.39 Å². The lowest BCUT2D eigenvalue weighted by Crippen LogP contribution is -2.68. The van der Waals surface area contributed by atoms with E-state index in [1.807, 2.05) is 14.0 Å². The summed E-state index contributed by atoms with van der Waals surface area (Å²) in [5.41, 5.74) is -0.602. The minimum absolute atomic E-state index is 0.00232. The van der Waals surface area contributed by atoms with Gasteiger partial charge in [-0.3, -0.25) is 4.79 Å². The molecule has 2 aliphatic heterocycles. The van der Waals surface area contributed by atoms with Crippen LogP contribution >= 0.6 is 0 Å². The molecule has 0 aromatic heterocycles. The van der Waals surface area contributed by atoms with Gasteiger partial charge in [-0.05, 0) is 50.2 Å². The molecule has 1 fully saturated rings. The Morgan fingerprint density at radius 2 is 1.81 bits per heavy atom.